The van der Waals surface area contributed by atoms with E-state index in [0.29, 0.717) is 38.8 Å². The van der Waals surface area contributed by atoms with E-state index in [4.69, 9.17) is 4.74 Å². The van der Waals surface area contributed by atoms with Gasteiger partial charge in [-0.25, -0.2) is 0 Å². The van der Waals surface area contributed by atoms with E-state index in [9.17, 15) is 30.1 Å². The number of amides is 2. The van der Waals surface area contributed by atoms with Gasteiger partial charge in [-0.1, -0.05) is 36.0 Å². The first-order valence-electron chi connectivity index (χ1n) is 12.7. The molecule has 0 bridgehead atoms. The second kappa shape index (κ2) is 12.9. The maximum absolute atomic E-state index is 13.6. The number of ether oxygens (including phenoxy) is 1. The molecular formula is C30H27N5O6S. The van der Waals surface area contributed by atoms with Crippen molar-refractivity contribution in [1.82, 2.24) is 5.32 Å². The van der Waals surface area contributed by atoms with Gasteiger partial charge < -0.3 is 25.8 Å². The van der Waals surface area contributed by atoms with Gasteiger partial charge in [-0.15, -0.1) is 0 Å². The van der Waals surface area contributed by atoms with E-state index in [0.717, 1.165) is 11.8 Å². The van der Waals surface area contributed by atoms with Crippen molar-refractivity contribution in [3.63, 3.8) is 0 Å². The fourth-order valence-corrected chi connectivity index (χ4v) is 5.37. The molecule has 0 saturated carbocycles. The lowest BCUT2D eigenvalue weighted by molar-refractivity contribution is -0.384. The van der Waals surface area contributed by atoms with E-state index >= 15 is 0 Å². The third-order valence-corrected chi connectivity index (χ3v) is 7.52. The molecular weight excluding hydrogens is 558 g/mol. The molecule has 0 unspecified atom stereocenters. The number of nitrogens with zero attached hydrogens (tertiary/aromatic N) is 2. The smallest absolute Gasteiger partial charge is 0.269 e. The number of hydrogen-bond donors (Lipinski definition) is 4. The number of methoxy groups -OCH3 is 1. The van der Waals surface area contributed by atoms with Gasteiger partial charge in [0.2, 0.25) is 5.91 Å². The Balaban J connectivity index is 1.64. The standard InChI is InChI=1S/C30H27N5O6S/c1-17-13-21(35(39)40)10-11-23(17)34-26(37)16-42-30-22(15-31)28(19-9-12-24(36)25(14-19)41-3)27(18(2)32-30)29(38)33-20-7-5-4-6-8-20/h4-14,28,32,36H,16H2,1-3H3,(H,33,38)(H,34,37)/t28-/m0/s1. The summed E-state index contributed by atoms with van der Waals surface area (Å²) in [6.45, 7) is 3.36. The summed E-state index contributed by atoms with van der Waals surface area (Å²) in [5.74, 6) is -1.66. The number of nitro groups is 1. The first-order valence-corrected chi connectivity index (χ1v) is 13.6. The fourth-order valence-electron chi connectivity index (χ4n) is 4.48. The molecule has 0 saturated heterocycles. The average Bonchev–Trinajstić information content (AvgIpc) is 2.97. The minimum atomic E-state index is -0.836. The van der Waals surface area contributed by atoms with E-state index in [-0.39, 0.29) is 34.4 Å². The Morgan fingerprint density at radius 1 is 1.12 bits per heavy atom. The van der Waals surface area contributed by atoms with Crippen molar-refractivity contribution in [1.29, 1.82) is 5.26 Å². The summed E-state index contributed by atoms with van der Waals surface area (Å²) in [5, 5.41) is 40.6. The summed E-state index contributed by atoms with van der Waals surface area (Å²) >= 11 is 1.08. The van der Waals surface area contributed by atoms with Crippen LogP contribution in [0.25, 0.3) is 0 Å². The molecule has 3 aromatic carbocycles. The number of carbonyl (C=O) groups is 2. The number of carbonyl (C=O) groups excluding carboxylic acids is 2. The predicted molar refractivity (Wildman–Crippen MR) is 160 cm³/mol. The second-order valence-electron chi connectivity index (χ2n) is 9.30. The fraction of sp³-hybridized carbons (Fsp3) is 0.167. The molecule has 1 aliphatic heterocycles. The van der Waals surface area contributed by atoms with Crippen LogP contribution in [0.15, 0.2) is 88.6 Å². The summed E-state index contributed by atoms with van der Waals surface area (Å²) < 4.78 is 5.28. The number of nitro benzene ring substituents is 1. The molecule has 0 fully saturated rings. The number of phenolic OH excluding ortho intramolecular Hbond substituents is 1. The monoisotopic (exact) mass is 585 g/mol. The molecule has 42 heavy (non-hydrogen) atoms. The van der Waals surface area contributed by atoms with Crippen LogP contribution in [0.5, 0.6) is 11.5 Å². The quantitative estimate of drug-likeness (QED) is 0.192. The molecule has 4 N–H and O–H groups in total. The van der Waals surface area contributed by atoms with E-state index in [2.05, 4.69) is 22.0 Å². The van der Waals surface area contributed by atoms with Crippen molar-refractivity contribution in [3.05, 3.63) is 110 Å². The number of aryl methyl sites for hydroxylation is 1. The minimum Gasteiger partial charge on any atom is -0.504 e. The van der Waals surface area contributed by atoms with Crippen LogP contribution in [0.1, 0.15) is 24.0 Å². The molecule has 214 valence electrons. The van der Waals surface area contributed by atoms with Gasteiger partial charge in [-0.3, -0.25) is 19.7 Å². The summed E-state index contributed by atoms with van der Waals surface area (Å²) in [4.78, 5) is 36.9. The Morgan fingerprint density at radius 2 is 1.86 bits per heavy atom. The average molecular weight is 586 g/mol. The summed E-state index contributed by atoms with van der Waals surface area (Å²) in [6, 6.07) is 19.9. The Morgan fingerprint density at radius 3 is 2.50 bits per heavy atom. The highest BCUT2D eigenvalue weighted by molar-refractivity contribution is 8.03. The number of aromatic hydroxyl groups is 1. The number of nitriles is 1. The van der Waals surface area contributed by atoms with Crippen LogP contribution in [-0.4, -0.2) is 34.7 Å². The highest BCUT2D eigenvalue weighted by atomic mass is 32.2. The number of rotatable bonds is 9. The molecule has 0 radical (unpaired) electrons. The molecule has 1 aliphatic rings. The highest BCUT2D eigenvalue weighted by Crippen LogP contribution is 2.43. The molecule has 3 aromatic rings. The number of para-hydroxylation sites is 1. The van der Waals surface area contributed by atoms with Crippen molar-refractivity contribution in [2.45, 2.75) is 19.8 Å². The van der Waals surface area contributed by atoms with E-state index in [1.807, 2.05) is 6.07 Å². The maximum atomic E-state index is 13.6. The Kier molecular flexibility index (Phi) is 9.14. The zero-order valence-corrected chi connectivity index (χ0v) is 23.7. The van der Waals surface area contributed by atoms with Crippen molar-refractivity contribution in [2.75, 3.05) is 23.5 Å². The van der Waals surface area contributed by atoms with Crippen molar-refractivity contribution < 1.29 is 24.4 Å². The lowest BCUT2D eigenvalue weighted by Crippen LogP contribution is -2.31. The largest absolute Gasteiger partial charge is 0.504 e. The normalized spacial score (nSPS) is 14.5. The van der Waals surface area contributed by atoms with Crippen LogP contribution in [0.4, 0.5) is 17.1 Å². The highest BCUT2D eigenvalue weighted by Gasteiger charge is 2.35. The third kappa shape index (κ3) is 6.54. The van der Waals surface area contributed by atoms with Crippen LogP contribution < -0.4 is 20.7 Å². The lowest BCUT2D eigenvalue weighted by atomic mass is 9.82. The zero-order valence-electron chi connectivity index (χ0n) is 22.9. The number of nitrogens with one attached hydrogen (secondary N) is 3. The summed E-state index contributed by atoms with van der Waals surface area (Å²) in [6.07, 6.45) is 0. The third-order valence-electron chi connectivity index (χ3n) is 6.50. The number of benzene rings is 3. The first-order chi connectivity index (χ1) is 20.1. The minimum absolute atomic E-state index is 0.0821. The SMILES string of the molecule is COc1cc([C@H]2C(C#N)=C(SCC(=O)Nc3ccc([N+](=O)[O-])cc3C)NC(C)=C2C(=O)Nc2ccccc2)ccc1O. The molecule has 1 atom stereocenters. The van der Waals surface area contributed by atoms with Crippen molar-refractivity contribution >= 4 is 40.6 Å². The summed E-state index contributed by atoms with van der Waals surface area (Å²) in [7, 11) is 1.40. The van der Waals surface area contributed by atoms with Crippen LogP contribution in [0.2, 0.25) is 0 Å². The van der Waals surface area contributed by atoms with E-state index in [1.54, 1.807) is 50.2 Å². The van der Waals surface area contributed by atoms with Gasteiger partial charge in [0.05, 0.1) is 40.4 Å². The number of non-ortho nitro benzene ring substituents is 1. The number of dihydropyridines is 1. The zero-order chi connectivity index (χ0) is 30.4. The second-order valence-corrected chi connectivity index (χ2v) is 10.3. The van der Waals surface area contributed by atoms with Gasteiger partial charge in [-0.05, 0) is 55.3 Å². The maximum Gasteiger partial charge on any atom is 0.269 e. The van der Waals surface area contributed by atoms with Crippen LogP contribution in [-0.2, 0) is 9.59 Å². The molecule has 1 heterocycles. The molecule has 0 spiro atoms. The topological polar surface area (TPSA) is 167 Å². The number of anilines is 2. The Bertz CT molecular complexity index is 1660. The molecule has 4 rings (SSSR count). The number of phenols is 1. The van der Waals surface area contributed by atoms with Gasteiger partial charge in [0, 0.05) is 34.8 Å². The molecule has 11 nitrogen and oxygen atoms in total. The van der Waals surface area contributed by atoms with E-state index < -0.39 is 16.7 Å². The number of thioether (sulfide) groups is 1. The van der Waals surface area contributed by atoms with Crippen molar-refractivity contribution in [3.8, 4) is 17.6 Å². The van der Waals surface area contributed by atoms with Crippen LogP contribution in [0, 0.1) is 28.4 Å². The number of hydrogen-bond acceptors (Lipinski definition) is 9. The van der Waals surface area contributed by atoms with Crippen molar-refractivity contribution in [2.24, 2.45) is 0 Å². The van der Waals surface area contributed by atoms with E-state index in [1.165, 1.54) is 31.4 Å². The van der Waals surface area contributed by atoms with Gasteiger partial charge >= 0.3 is 0 Å². The van der Waals surface area contributed by atoms with Crippen LogP contribution >= 0.6 is 11.8 Å². The first kappa shape index (κ1) is 29.7. The molecule has 0 aromatic heterocycles. The number of allylic oxidation sites excluding steroid dienone is 2. The predicted octanol–water partition coefficient (Wildman–Crippen LogP) is 5.32. The Labute approximate surface area is 246 Å². The molecule has 2 amide bonds. The van der Waals surface area contributed by atoms with Gasteiger partial charge in [-0.2, -0.15) is 5.26 Å². The Hall–Kier alpha value is -5.28. The van der Waals surface area contributed by atoms with Gasteiger partial charge in [0.15, 0.2) is 11.5 Å². The molecule has 12 heteroatoms. The van der Waals surface area contributed by atoms with Gasteiger partial charge in [0.25, 0.3) is 11.6 Å². The summed E-state index contributed by atoms with van der Waals surface area (Å²) in [5.41, 5.74) is 2.96. The lowest BCUT2D eigenvalue weighted by Gasteiger charge is -2.30. The molecule has 0 aliphatic carbocycles. The van der Waals surface area contributed by atoms with Crippen LogP contribution in [0.3, 0.4) is 0 Å². The van der Waals surface area contributed by atoms with Gasteiger partial charge in [0.1, 0.15) is 0 Å².